The van der Waals surface area contributed by atoms with Crippen molar-refractivity contribution in [2.45, 2.75) is 44.5 Å². The highest BCUT2D eigenvalue weighted by molar-refractivity contribution is 5.96. The van der Waals surface area contributed by atoms with Gasteiger partial charge >= 0.3 is 6.36 Å². The van der Waals surface area contributed by atoms with Gasteiger partial charge in [-0.2, -0.15) is 4.98 Å². The van der Waals surface area contributed by atoms with Crippen LogP contribution in [0.15, 0.2) is 42.5 Å². The van der Waals surface area contributed by atoms with E-state index in [1.807, 2.05) is 43.3 Å². The number of anilines is 2. The van der Waals surface area contributed by atoms with Crippen molar-refractivity contribution in [2.24, 2.45) is 11.7 Å². The molecule has 0 saturated heterocycles. The average Bonchev–Trinajstić information content (AvgIpc) is 2.79. The number of nitrogens with two attached hydrogens (primary N) is 1. The van der Waals surface area contributed by atoms with Crippen LogP contribution in [0.2, 0.25) is 0 Å². The zero-order valence-corrected chi connectivity index (χ0v) is 19.6. The van der Waals surface area contributed by atoms with Gasteiger partial charge in [-0.05, 0) is 61.8 Å². The van der Waals surface area contributed by atoms with Crippen molar-refractivity contribution in [2.75, 3.05) is 24.3 Å². The van der Waals surface area contributed by atoms with Crippen molar-refractivity contribution in [3.63, 3.8) is 0 Å². The molecule has 3 N–H and O–H groups in total. The first kappa shape index (κ1) is 24.6. The highest BCUT2D eigenvalue weighted by atomic mass is 19.4. The summed E-state index contributed by atoms with van der Waals surface area (Å²) in [5, 5.41) is 4.41. The second-order valence-electron chi connectivity index (χ2n) is 9.05. The number of hydrogen-bond donors (Lipinski definition) is 2. The number of carbonyl (C=O) groups is 1. The van der Waals surface area contributed by atoms with E-state index in [9.17, 15) is 18.0 Å². The van der Waals surface area contributed by atoms with Crippen LogP contribution in [0.25, 0.3) is 10.9 Å². The SMILES string of the molecule is CN(C)c1nc(NC2CCC(Cc3cccc(C(N)=O)c3OC(F)(F)F)CC2)nc2ccccc12. The number of amides is 1. The molecule has 2 aromatic carbocycles. The van der Waals surface area contributed by atoms with Gasteiger partial charge in [0, 0.05) is 25.5 Å². The Labute approximate surface area is 201 Å². The third-order valence-electron chi connectivity index (χ3n) is 6.28. The number of alkyl halides is 3. The molecule has 7 nitrogen and oxygen atoms in total. The minimum absolute atomic E-state index is 0.154. The lowest BCUT2D eigenvalue weighted by Crippen LogP contribution is -2.28. The van der Waals surface area contributed by atoms with Crippen molar-refractivity contribution in [1.29, 1.82) is 0 Å². The Balaban J connectivity index is 1.44. The molecule has 1 saturated carbocycles. The number of aromatic nitrogens is 2. The van der Waals surface area contributed by atoms with Gasteiger partial charge in [0.25, 0.3) is 5.91 Å². The molecule has 0 bridgehead atoms. The maximum absolute atomic E-state index is 13.0. The number of nitrogens with zero attached hydrogens (tertiary/aromatic N) is 3. The monoisotopic (exact) mass is 487 g/mol. The number of ether oxygens (including phenoxy) is 1. The predicted octanol–water partition coefficient (Wildman–Crippen LogP) is 4.91. The fourth-order valence-electron chi connectivity index (χ4n) is 4.65. The molecule has 1 heterocycles. The summed E-state index contributed by atoms with van der Waals surface area (Å²) < 4.78 is 43.1. The van der Waals surface area contributed by atoms with Gasteiger partial charge < -0.3 is 20.7 Å². The molecule has 0 spiro atoms. The Bertz CT molecular complexity index is 1210. The van der Waals surface area contributed by atoms with E-state index in [2.05, 4.69) is 15.0 Å². The zero-order chi connectivity index (χ0) is 25.2. The molecule has 0 aliphatic heterocycles. The maximum Gasteiger partial charge on any atom is 0.573 e. The van der Waals surface area contributed by atoms with Gasteiger partial charge in [0.1, 0.15) is 11.6 Å². The molecule has 0 unspecified atom stereocenters. The standard InChI is InChI=1S/C25H28F3N5O2/c1-33(2)23-18-7-3-4-9-20(18)31-24(32-23)30-17-12-10-15(11-13-17)14-16-6-5-8-19(22(29)34)21(16)35-25(26,27)28/h3-9,15,17H,10-14H2,1-2H3,(H2,29,34)(H,30,31,32). The van der Waals surface area contributed by atoms with Crippen molar-refractivity contribution in [1.82, 2.24) is 9.97 Å². The summed E-state index contributed by atoms with van der Waals surface area (Å²) in [6.45, 7) is 0. The van der Waals surface area contributed by atoms with Crippen LogP contribution < -0.4 is 20.7 Å². The Morgan fingerprint density at radius 3 is 2.46 bits per heavy atom. The van der Waals surface area contributed by atoms with Gasteiger partial charge in [0.2, 0.25) is 5.95 Å². The number of rotatable bonds is 7. The molecule has 3 aromatic rings. The Morgan fingerprint density at radius 2 is 1.80 bits per heavy atom. The number of carbonyl (C=O) groups excluding carboxylic acids is 1. The van der Waals surface area contributed by atoms with E-state index in [-0.39, 0.29) is 17.5 Å². The normalized spacial score (nSPS) is 18.3. The third-order valence-corrected chi connectivity index (χ3v) is 6.28. The second-order valence-corrected chi connectivity index (χ2v) is 9.05. The lowest BCUT2D eigenvalue weighted by molar-refractivity contribution is -0.275. The molecule has 10 heteroatoms. The molecular formula is C25H28F3N5O2. The average molecular weight is 488 g/mol. The summed E-state index contributed by atoms with van der Waals surface area (Å²) in [7, 11) is 3.88. The maximum atomic E-state index is 13.0. The smallest absolute Gasteiger partial charge is 0.405 e. The van der Waals surface area contributed by atoms with E-state index in [0.29, 0.717) is 17.9 Å². The molecule has 0 atom stereocenters. The molecule has 4 rings (SSSR count). The predicted molar refractivity (Wildman–Crippen MR) is 129 cm³/mol. The highest BCUT2D eigenvalue weighted by Crippen LogP contribution is 2.35. The summed E-state index contributed by atoms with van der Waals surface area (Å²) in [4.78, 5) is 23.0. The first-order valence-corrected chi connectivity index (χ1v) is 11.5. The van der Waals surface area contributed by atoms with E-state index in [0.717, 1.165) is 42.4 Å². The molecule has 1 aliphatic rings. The van der Waals surface area contributed by atoms with Gasteiger partial charge in [-0.3, -0.25) is 4.79 Å². The summed E-state index contributed by atoms with van der Waals surface area (Å²) in [5.74, 6) is 0.103. The first-order chi connectivity index (χ1) is 16.6. The molecule has 1 aromatic heterocycles. The van der Waals surface area contributed by atoms with E-state index in [1.54, 1.807) is 6.07 Å². The van der Waals surface area contributed by atoms with Gasteiger partial charge in [0.15, 0.2) is 0 Å². The zero-order valence-electron chi connectivity index (χ0n) is 19.6. The van der Waals surface area contributed by atoms with E-state index in [4.69, 9.17) is 10.7 Å². The van der Waals surface area contributed by atoms with Crippen molar-refractivity contribution < 1.29 is 22.7 Å². The van der Waals surface area contributed by atoms with Crippen molar-refractivity contribution in [3.8, 4) is 5.75 Å². The summed E-state index contributed by atoms with van der Waals surface area (Å²) in [6.07, 6.45) is -1.29. The molecule has 186 valence electrons. The molecule has 1 fully saturated rings. The van der Waals surface area contributed by atoms with E-state index < -0.39 is 18.0 Å². The molecule has 35 heavy (non-hydrogen) atoms. The molecular weight excluding hydrogens is 459 g/mol. The number of hydrogen-bond acceptors (Lipinski definition) is 6. The summed E-state index contributed by atoms with van der Waals surface area (Å²) >= 11 is 0. The summed E-state index contributed by atoms with van der Waals surface area (Å²) in [6, 6.07) is 12.3. The minimum Gasteiger partial charge on any atom is -0.405 e. The number of benzene rings is 2. The lowest BCUT2D eigenvalue weighted by Gasteiger charge is -2.30. The van der Waals surface area contributed by atoms with Crippen LogP contribution in [0.1, 0.15) is 41.6 Å². The number of primary amides is 1. The number of para-hydroxylation sites is 2. The van der Waals surface area contributed by atoms with Crippen molar-refractivity contribution >= 4 is 28.6 Å². The summed E-state index contributed by atoms with van der Waals surface area (Å²) in [5.41, 5.74) is 6.21. The lowest BCUT2D eigenvalue weighted by atomic mass is 9.82. The molecule has 0 radical (unpaired) electrons. The van der Waals surface area contributed by atoms with Gasteiger partial charge in [-0.1, -0.05) is 24.3 Å². The van der Waals surface area contributed by atoms with Gasteiger partial charge in [0.05, 0.1) is 11.1 Å². The van der Waals surface area contributed by atoms with Crippen LogP contribution >= 0.6 is 0 Å². The largest absolute Gasteiger partial charge is 0.573 e. The number of nitrogens with one attached hydrogen (secondary N) is 1. The molecule has 1 amide bonds. The number of fused-ring (bicyclic) bond motifs is 1. The van der Waals surface area contributed by atoms with Crippen LogP contribution in [-0.4, -0.2) is 42.4 Å². The van der Waals surface area contributed by atoms with E-state index >= 15 is 0 Å². The molecule has 1 aliphatic carbocycles. The topological polar surface area (TPSA) is 93.4 Å². The minimum atomic E-state index is -4.91. The van der Waals surface area contributed by atoms with Crippen LogP contribution in [0.5, 0.6) is 5.75 Å². The Kier molecular flexibility index (Phi) is 7.00. The third kappa shape index (κ3) is 5.93. The van der Waals surface area contributed by atoms with Crippen LogP contribution in [0.4, 0.5) is 24.9 Å². The van der Waals surface area contributed by atoms with Crippen LogP contribution in [-0.2, 0) is 6.42 Å². The van der Waals surface area contributed by atoms with Gasteiger partial charge in [-0.25, -0.2) is 4.98 Å². The number of halogens is 3. The fourth-order valence-corrected chi connectivity index (χ4v) is 4.65. The van der Waals surface area contributed by atoms with Crippen LogP contribution in [0, 0.1) is 5.92 Å². The van der Waals surface area contributed by atoms with Gasteiger partial charge in [-0.15, -0.1) is 13.2 Å². The van der Waals surface area contributed by atoms with Crippen molar-refractivity contribution in [3.05, 3.63) is 53.6 Å². The Morgan fingerprint density at radius 1 is 1.09 bits per heavy atom. The van der Waals surface area contributed by atoms with E-state index in [1.165, 1.54) is 12.1 Å². The Hall–Kier alpha value is -3.56. The second kappa shape index (κ2) is 9.97. The van der Waals surface area contributed by atoms with Crippen LogP contribution in [0.3, 0.4) is 0 Å². The highest BCUT2D eigenvalue weighted by Gasteiger charge is 2.34. The quantitative estimate of drug-likeness (QED) is 0.492. The fraction of sp³-hybridized carbons (Fsp3) is 0.400. The first-order valence-electron chi connectivity index (χ1n) is 11.5.